The largest absolute Gasteiger partial charge is 0.346 e. The molecule has 0 aromatic heterocycles. The summed E-state index contributed by atoms with van der Waals surface area (Å²) in [5.74, 6) is -0.00333. The van der Waals surface area contributed by atoms with Gasteiger partial charge < -0.3 is 15.1 Å². The Morgan fingerprint density at radius 3 is 2.52 bits per heavy atom. The van der Waals surface area contributed by atoms with E-state index in [0.29, 0.717) is 6.42 Å². The Morgan fingerprint density at radius 2 is 1.83 bits per heavy atom. The topological polar surface area (TPSA) is 52.7 Å². The molecule has 1 N–H and O–H groups in total. The molecule has 0 bridgehead atoms. The third kappa shape index (κ3) is 2.98. The molecule has 2 fully saturated rings. The molecule has 29 heavy (non-hydrogen) atoms. The summed E-state index contributed by atoms with van der Waals surface area (Å²) >= 11 is 0. The number of anilines is 1. The van der Waals surface area contributed by atoms with E-state index in [4.69, 9.17) is 0 Å². The van der Waals surface area contributed by atoms with Crippen molar-refractivity contribution in [3.63, 3.8) is 0 Å². The molecular weight excluding hydrogens is 362 g/mol. The first kappa shape index (κ1) is 19.7. The van der Waals surface area contributed by atoms with E-state index in [2.05, 4.69) is 74.3 Å². The van der Waals surface area contributed by atoms with E-state index < -0.39 is 12.1 Å². The van der Waals surface area contributed by atoms with Crippen LogP contribution in [0.4, 0.5) is 5.69 Å². The number of allylic oxidation sites excluding steroid dienone is 3. The van der Waals surface area contributed by atoms with Crippen molar-refractivity contribution in [2.75, 3.05) is 11.4 Å². The monoisotopic (exact) mass is 393 g/mol. The number of nitrogens with one attached hydrogen (secondary N) is 1. The summed E-state index contributed by atoms with van der Waals surface area (Å²) in [6.07, 6.45) is 5.81. The van der Waals surface area contributed by atoms with Gasteiger partial charge in [-0.1, -0.05) is 41.5 Å². The smallest absolute Gasteiger partial charge is 0.247 e. The molecule has 4 rings (SSSR count). The predicted molar refractivity (Wildman–Crippen MR) is 116 cm³/mol. The molecule has 0 saturated carbocycles. The van der Waals surface area contributed by atoms with Crippen LogP contribution in [0.2, 0.25) is 0 Å². The maximum absolute atomic E-state index is 13.3. The average Bonchev–Trinajstić information content (AvgIpc) is 3.14. The summed E-state index contributed by atoms with van der Waals surface area (Å²) in [5.41, 5.74) is 4.67. The van der Waals surface area contributed by atoms with Gasteiger partial charge >= 0.3 is 0 Å². The van der Waals surface area contributed by atoms with Crippen molar-refractivity contribution in [1.82, 2.24) is 10.2 Å². The van der Waals surface area contributed by atoms with Crippen LogP contribution in [-0.2, 0) is 15.0 Å². The van der Waals surface area contributed by atoms with Gasteiger partial charge in [-0.3, -0.25) is 9.59 Å². The molecule has 0 radical (unpaired) electrons. The van der Waals surface area contributed by atoms with Crippen molar-refractivity contribution in [1.29, 1.82) is 0 Å². The van der Waals surface area contributed by atoms with Crippen LogP contribution < -0.4 is 10.2 Å². The van der Waals surface area contributed by atoms with E-state index in [1.165, 1.54) is 22.4 Å². The summed E-state index contributed by atoms with van der Waals surface area (Å²) in [6, 6.07) is 7.60. The summed E-state index contributed by atoms with van der Waals surface area (Å²) in [5, 5.41) is 2.88. The lowest BCUT2D eigenvalue weighted by Gasteiger charge is -2.42. The Hall–Kier alpha value is -2.56. The zero-order valence-corrected chi connectivity index (χ0v) is 18.0. The molecule has 3 aliphatic heterocycles. The van der Waals surface area contributed by atoms with Crippen LogP contribution in [0.25, 0.3) is 0 Å². The molecule has 3 heterocycles. The zero-order valence-electron chi connectivity index (χ0n) is 18.0. The van der Waals surface area contributed by atoms with E-state index in [-0.39, 0.29) is 23.4 Å². The highest BCUT2D eigenvalue weighted by atomic mass is 16.2. The number of hydrogen-bond donors (Lipinski definition) is 1. The van der Waals surface area contributed by atoms with Crippen molar-refractivity contribution < 1.29 is 9.59 Å². The zero-order chi connectivity index (χ0) is 20.9. The van der Waals surface area contributed by atoms with Gasteiger partial charge in [-0.15, -0.1) is 0 Å². The van der Waals surface area contributed by atoms with Crippen molar-refractivity contribution in [3.8, 4) is 0 Å². The van der Waals surface area contributed by atoms with Gasteiger partial charge in [0.2, 0.25) is 11.8 Å². The van der Waals surface area contributed by atoms with Crippen LogP contribution in [0.3, 0.4) is 0 Å². The first-order valence-corrected chi connectivity index (χ1v) is 10.5. The molecule has 0 spiro atoms. The van der Waals surface area contributed by atoms with Gasteiger partial charge in [0.15, 0.2) is 0 Å². The Kier molecular flexibility index (Phi) is 4.80. The fourth-order valence-corrected chi connectivity index (χ4v) is 5.21. The van der Waals surface area contributed by atoms with E-state index in [0.717, 1.165) is 13.0 Å². The molecule has 0 unspecified atom stereocenters. The lowest BCUT2D eigenvalue weighted by molar-refractivity contribution is -0.148. The van der Waals surface area contributed by atoms with Crippen LogP contribution in [0, 0.1) is 0 Å². The fraction of sp³-hybridized carbons (Fsp3) is 0.500. The van der Waals surface area contributed by atoms with Crippen LogP contribution in [0.15, 0.2) is 47.6 Å². The lowest BCUT2D eigenvalue weighted by Crippen LogP contribution is -2.64. The SMILES string of the molecule is CC(C)=CCN1c2ccccc2[C@]2(CC=C(C)C)C[C@H]3C(=O)N[C@@H](C)C(=O)N3[C@H]12. The fourth-order valence-electron chi connectivity index (χ4n) is 5.21. The number of carbonyl (C=O) groups is 2. The van der Waals surface area contributed by atoms with Crippen molar-refractivity contribution in [2.45, 2.75) is 71.1 Å². The maximum atomic E-state index is 13.3. The first-order chi connectivity index (χ1) is 13.8. The van der Waals surface area contributed by atoms with Crippen molar-refractivity contribution in [3.05, 3.63) is 53.1 Å². The van der Waals surface area contributed by atoms with Crippen LogP contribution in [0.5, 0.6) is 0 Å². The van der Waals surface area contributed by atoms with Gasteiger partial charge in [-0.25, -0.2) is 0 Å². The Labute approximate surface area is 173 Å². The van der Waals surface area contributed by atoms with Crippen molar-refractivity contribution in [2.24, 2.45) is 0 Å². The quantitative estimate of drug-likeness (QED) is 0.797. The van der Waals surface area contributed by atoms with Crippen LogP contribution in [0.1, 0.15) is 53.0 Å². The Morgan fingerprint density at radius 1 is 1.14 bits per heavy atom. The minimum absolute atomic E-state index is 0.0219. The van der Waals surface area contributed by atoms with Crippen molar-refractivity contribution >= 4 is 17.5 Å². The first-order valence-electron chi connectivity index (χ1n) is 10.5. The average molecular weight is 394 g/mol. The second kappa shape index (κ2) is 7.05. The van der Waals surface area contributed by atoms with Crippen LogP contribution in [-0.4, -0.2) is 41.5 Å². The number of nitrogens with zero attached hydrogens (tertiary/aromatic N) is 2. The normalized spacial score (nSPS) is 29.8. The molecule has 1 aromatic carbocycles. The summed E-state index contributed by atoms with van der Waals surface area (Å²) in [6.45, 7) is 10.9. The van der Waals surface area contributed by atoms with E-state index >= 15 is 0 Å². The number of rotatable bonds is 4. The molecule has 0 aliphatic carbocycles. The van der Waals surface area contributed by atoms with Gasteiger partial charge in [0.1, 0.15) is 18.2 Å². The molecule has 2 amide bonds. The molecule has 2 saturated heterocycles. The summed E-state index contributed by atoms with van der Waals surface area (Å²) in [7, 11) is 0. The predicted octanol–water partition coefficient (Wildman–Crippen LogP) is 3.51. The second-order valence-corrected chi connectivity index (χ2v) is 9.16. The number of piperazine rings is 1. The maximum Gasteiger partial charge on any atom is 0.247 e. The molecule has 4 atom stereocenters. The summed E-state index contributed by atoms with van der Waals surface area (Å²) < 4.78 is 0. The number of fused-ring (bicyclic) bond motifs is 5. The number of carbonyl (C=O) groups excluding carboxylic acids is 2. The van der Waals surface area contributed by atoms with Crippen LogP contribution >= 0.6 is 0 Å². The highest BCUT2D eigenvalue weighted by molar-refractivity contribution is 5.98. The highest BCUT2D eigenvalue weighted by Crippen LogP contribution is 2.56. The number of benzene rings is 1. The lowest BCUT2D eigenvalue weighted by atomic mass is 9.75. The molecule has 1 aromatic rings. The van der Waals surface area contributed by atoms with Gasteiger partial charge in [-0.2, -0.15) is 0 Å². The molecule has 3 aliphatic rings. The molecular formula is C24H31N3O2. The van der Waals surface area contributed by atoms with E-state index in [1.807, 2.05) is 4.90 Å². The number of hydrogen-bond acceptors (Lipinski definition) is 3. The number of amides is 2. The summed E-state index contributed by atoms with van der Waals surface area (Å²) in [4.78, 5) is 30.4. The Bertz CT molecular complexity index is 910. The minimum atomic E-state index is -0.480. The van der Waals surface area contributed by atoms with Gasteiger partial charge in [-0.05, 0) is 59.1 Å². The second-order valence-electron chi connectivity index (χ2n) is 9.16. The Balaban J connectivity index is 1.90. The molecule has 5 heteroatoms. The third-order valence-corrected chi connectivity index (χ3v) is 6.55. The number of para-hydroxylation sites is 1. The van der Waals surface area contributed by atoms with E-state index in [9.17, 15) is 9.59 Å². The van der Waals surface area contributed by atoms with Gasteiger partial charge in [0.25, 0.3) is 0 Å². The standard InChI is InChI=1S/C24H31N3O2/c1-15(2)10-12-24-14-20-21(28)25-17(5)22(29)27(20)23(24)26(13-11-16(3)4)19-9-7-6-8-18(19)24/h6-11,17,20,23H,12-14H2,1-5H3,(H,25,28)/t17-,20-,23-,24-/m0/s1. The highest BCUT2D eigenvalue weighted by Gasteiger charge is 2.64. The molecule has 154 valence electrons. The minimum Gasteiger partial charge on any atom is -0.346 e. The van der Waals surface area contributed by atoms with Gasteiger partial charge in [0, 0.05) is 17.6 Å². The third-order valence-electron chi connectivity index (χ3n) is 6.55. The molecule has 5 nitrogen and oxygen atoms in total. The van der Waals surface area contributed by atoms with Gasteiger partial charge in [0.05, 0.1) is 0 Å². The van der Waals surface area contributed by atoms with E-state index in [1.54, 1.807) is 6.92 Å².